The molecule has 3 aromatic rings. The number of amides is 1. The van der Waals surface area contributed by atoms with E-state index in [9.17, 15) is 32.3 Å². The maximum atomic E-state index is 13.6. The van der Waals surface area contributed by atoms with Gasteiger partial charge in [-0.2, -0.15) is 8.78 Å². The minimum Gasteiger partial charge on any atom is -0.485 e. The Balaban J connectivity index is 1.28. The Hall–Kier alpha value is -4.48. The van der Waals surface area contributed by atoms with Crippen LogP contribution in [0.25, 0.3) is 0 Å². The highest BCUT2D eigenvalue weighted by Gasteiger charge is 2.53. The van der Waals surface area contributed by atoms with E-state index in [4.69, 9.17) is 4.74 Å². The summed E-state index contributed by atoms with van der Waals surface area (Å²) < 4.78 is 72.3. The highest BCUT2D eigenvalue weighted by Crippen LogP contribution is 2.53. The summed E-state index contributed by atoms with van der Waals surface area (Å²) in [5.41, 5.74) is 0.766. The smallest absolute Gasteiger partial charge is 0.485 e. The normalized spacial score (nSPS) is 21.2. The lowest BCUT2D eigenvalue weighted by Crippen LogP contribution is -2.39. The topological polar surface area (TPSA) is 103 Å². The van der Waals surface area contributed by atoms with Crippen molar-refractivity contribution in [2.45, 2.75) is 49.7 Å². The molecule has 2 atom stereocenters. The molecule has 12 heteroatoms. The van der Waals surface area contributed by atoms with E-state index >= 15 is 0 Å². The molecule has 1 saturated carbocycles. The molecule has 2 N–H and O–H groups in total. The van der Waals surface area contributed by atoms with Crippen LogP contribution in [-0.4, -0.2) is 29.9 Å². The van der Waals surface area contributed by atoms with Gasteiger partial charge in [0.1, 0.15) is 17.6 Å². The number of alkyl halides is 4. The second-order valence-corrected chi connectivity index (χ2v) is 9.78. The van der Waals surface area contributed by atoms with E-state index in [1.807, 2.05) is 0 Å². The summed E-state index contributed by atoms with van der Waals surface area (Å²) in [4.78, 5) is 24.9. The zero-order valence-corrected chi connectivity index (χ0v) is 20.5. The molecular weight excluding hydrogens is 538 g/mol. The Labute approximate surface area is 224 Å². The van der Waals surface area contributed by atoms with Crippen molar-refractivity contribution < 1.29 is 51.2 Å². The van der Waals surface area contributed by atoms with Crippen molar-refractivity contribution in [2.75, 3.05) is 0 Å². The number of carboxylic acids is 1. The minimum atomic E-state index is -3.78. The molecule has 0 spiro atoms. The fourth-order valence-corrected chi connectivity index (χ4v) is 5.12. The SMILES string of the molecule is O=C(O)c1ccc(C2CC(NC(=O)C3(c4ccc5c(c4)OC(F)(F)O5)CC3)c3ccc(OC(F)F)cc3O2)cc1. The zero-order chi connectivity index (χ0) is 28.2. The average Bonchev–Trinajstić information content (AvgIpc) is 3.65. The summed E-state index contributed by atoms with van der Waals surface area (Å²) in [7, 11) is 0. The second-order valence-electron chi connectivity index (χ2n) is 9.78. The number of hydrogen-bond acceptors (Lipinski definition) is 6. The van der Waals surface area contributed by atoms with Gasteiger partial charge in [-0.15, -0.1) is 8.78 Å². The Morgan fingerprint density at radius 2 is 1.68 bits per heavy atom. The van der Waals surface area contributed by atoms with E-state index in [-0.39, 0.29) is 40.9 Å². The van der Waals surface area contributed by atoms with Crippen LogP contribution >= 0.6 is 0 Å². The largest absolute Gasteiger partial charge is 0.586 e. The van der Waals surface area contributed by atoms with E-state index in [1.165, 1.54) is 42.5 Å². The predicted octanol–water partition coefficient (Wildman–Crippen LogP) is 5.72. The number of rotatable bonds is 7. The second kappa shape index (κ2) is 9.32. The van der Waals surface area contributed by atoms with Crippen LogP contribution in [0.2, 0.25) is 0 Å². The van der Waals surface area contributed by atoms with Gasteiger partial charge in [-0.25, -0.2) is 4.79 Å². The summed E-state index contributed by atoms with van der Waals surface area (Å²) in [5, 5.41) is 12.2. The number of carbonyl (C=O) groups excluding carboxylic acids is 1. The summed E-state index contributed by atoms with van der Waals surface area (Å²) in [6.45, 7) is -3.05. The lowest BCUT2D eigenvalue weighted by Gasteiger charge is -2.34. The molecule has 1 fully saturated rings. The van der Waals surface area contributed by atoms with E-state index in [1.54, 1.807) is 18.2 Å². The fraction of sp³-hybridized carbons (Fsp3) is 0.286. The van der Waals surface area contributed by atoms with Gasteiger partial charge in [-0.1, -0.05) is 18.2 Å². The third kappa shape index (κ3) is 4.74. The Morgan fingerprint density at radius 1 is 0.950 bits per heavy atom. The third-order valence-electron chi connectivity index (χ3n) is 7.28. The molecule has 8 nitrogen and oxygen atoms in total. The predicted molar refractivity (Wildman–Crippen MR) is 129 cm³/mol. The highest BCUT2D eigenvalue weighted by molar-refractivity contribution is 5.92. The molecule has 0 radical (unpaired) electrons. The average molecular weight is 559 g/mol. The molecule has 3 aromatic carbocycles. The first kappa shape index (κ1) is 25.8. The van der Waals surface area contributed by atoms with Crippen LogP contribution in [-0.2, 0) is 10.2 Å². The Bertz CT molecular complexity index is 1490. The first-order valence-electron chi connectivity index (χ1n) is 12.3. The van der Waals surface area contributed by atoms with Crippen LogP contribution in [0.1, 0.15) is 58.5 Å². The molecule has 2 aliphatic heterocycles. The number of hydrogen-bond donors (Lipinski definition) is 2. The summed E-state index contributed by atoms with van der Waals surface area (Å²) in [5.74, 6) is -1.63. The molecule has 0 aromatic heterocycles. The number of ether oxygens (including phenoxy) is 4. The monoisotopic (exact) mass is 559 g/mol. The summed E-state index contributed by atoms with van der Waals surface area (Å²) >= 11 is 0. The number of carboxylic acid groups (broad SMARTS) is 1. The molecule has 0 saturated heterocycles. The number of nitrogens with one attached hydrogen (secondary N) is 1. The van der Waals surface area contributed by atoms with Crippen LogP contribution in [0.5, 0.6) is 23.0 Å². The van der Waals surface area contributed by atoms with Gasteiger partial charge in [0.2, 0.25) is 5.91 Å². The third-order valence-corrected chi connectivity index (χ3v) is 7.28. The lowest BCUT2D eigenvalue weighted by molar-refractivity contribution is -0.286. The zero-order valence-electron chi connectivity index (χ0n) is 20.5. The van der Waals surface area contributed by atoms with Crippen LogP contribution < -0.4 is 24.3 Å². The summed E-state index contributed by atoms with van der Waals surface area (Å²) in [6, 6.07) is 13.8. The first-order valence-corrected chi connectivity index (χ1v) is 12.3. The molecule has 2 heterocycles. The molecule has 1 aliphatic carbocycles. The van der Waals surface area contributed by atoms with Gasteiger partial charge >= 0.3 is 18.9 Å². The molecule has 6 rings (SSSR count). The fourth-order valence-electron chi connectivity index (χ4n) is 5.12. The molecule has 2 unspecified atom stereocenters. The number of halogens is 4. The summed E-state index contributed by atoms with van der Waals surface area (Å²) in [6.07, 6.45) is -3.22. The van der Waals surface area contributed by atoms with E-state index < -0.39 is 36.4 Å². The van der Waals surface area contributed by atoms with Crippen molar-refractivity contribution >= 4 is 11.9 Å². The standard InChI is InChI=1S/C28H21F4NO7/c29-26(30)37-17-6-7-18-19(13-21(38-22(18)12-17)14-1-3-15(4-2-14)24(34)35)33-25(36)27(9-10-27)16-5-8-20-23(11-16)40-28(31,32)39-20/h1-8,11-12,19,21,26H,9-10,13H2,(H,33,36)(H,34,35). The van der Waals surface area contributed by atoms with Gasteiger partial charge < -0.3 is 29.4 Å². The Kier molecular flexibility index (Phi) is 6.00. The van der Waals surface area contributed by atoms with Crippen molar-refractivity contribution in [1.29, 1.82) is 0 Å². The highest BCUT2D eigenvalue weighted by atomic mass is 19.3. The van der Waals surface area contributed by atoms with E-state index in [2.05, 4.69) is 19.5 Å². The lowest BCUT2D eigenvalue weighted by atomic mass is 9.90. The van der Waals surface area contributed by atoms with Gasteiger partial charge in [-0.3, -0.25) is 4.79 Å². The van der Waals surface area contributed by atoms with Crippen molar-refractivity contribution in [3.63, 3.8) is 0 Å². The van der Waals surface area contributed by atoms with Gasteiger partial charge in [-0.05, 0) is 60.4 Å². The number of benzene rings is 3. The van der Waals surface area contributed by atoms with Gasteiger partial charge in [0.05, 0.1) is 17.0 Å². The number of aromatic carboxylic acids is 1. The van der Waals surface area contributed by atoms with Gasteiger partial charge in [0, 0.05) is 18.1 Å². The molecular formula is C28H21F4NO7. The van der Waals surface area contributed by atoms with Crippen molar-refractivity contribution in [1.82, 2.24) is 5.32 Å². The maximum Gasteiger partial charge on any atom is 0.586 e. The van der Waals surface area contributed by atoms with Crippen LogP contribution in [0, 0.1) is 0 Å². The number of fused-ring (bicyclic) bond motifs is 2. The van der Waals surface area contributed by atoms with Crippen molar-refractivity contribution in [2.24, 2.45) is 0 Å². The molecule has 0 bridgehead atoms. The quantitative estimate of drug-likeness (QED) is 0.357. The Morgan fingerprint density at radius 3 is 2.35 bits per heavy atom. The van der Waals surface area contributed by atoms with Gasteiger partial charge in [0.25, 0.3) is 0 Å². The van der Waals surface area contributed by atoms with Crippen molar-refractivity contribution in [3.8, 4) is 23.0 Å². The van der Waals surface area contributed by atoms with Crippen LogP contribution in [0.15, 0.2) is 60.7 Å². The molecule has 1 amide bonds. The van der Waals surface area contributed by atoms with E-state index in [0.29, 0.717) is 29.5 Å². The minimum absolute atomic E-state index is 0.0783. The first-order chi connectivity index (χ1) is 19.0. The molecule has 40 heavy (non-hydrogen) atoms. The van der Waals surface area contributed by atoms with Gasteiger partial charge in [0.15, 0.2) is 11.5 Å². The maximum absolute atomic E-state index is 13.6. The van der Waals surface area contributed by atoms with Crippen molar-refractivity contribution in [3.05, 3.63) is 82.9 Å². The van der Waals surface area contributed by atoms with E-state index in [0.717, 1.165) is 0 Å². The molecule has 3 aliphatic rings. The van der Waals surface area contributed by atoms with Crippen LogP contribution in [0.3, 0.4) is 0 Å². The molecule has 208 valence electrons. The number of carbonyl (C=O) groups is 2. The van der Waals surface area contributed by atoms with Crippen LogP contribution in [0.4, 0.5) is 17.6 Å².